The summed E-state index contributed by atoms with van der Waals surface area (Å²) >= 11 is 0. The van der Waals surface area contributed by atoms with E-state index in [1.807, 2.05) is 32.9 Å². The molecule has 0 atom stereocenters. The molecule has 0 radical (unpaired) electrons. The highest BCUT2D eigenvalue weighted by Crippen LogP contribution is 2.27. The van der Waals surface area contributed by atoms with Gasteiger partial charge in [0, 0.05) is 12.4 Å². The molecule has 0 fully saturated rings. The molecule has 5 nitrogen and oxygen atoms in total. The van der Waals surface area contributed by atoms with E-state index < -0.39 is 10.0 Å². The Kier molecular flexibility index (Phi) is 3.60. The van der Waals surface area contributed by atoms with Crippen LogP contribution in [0.2, 0.25) is 0 Å². The Bertz CT molecular complexity index is 699. The van der Waals surface area contributed by atoms with E-state index in [2.05, 4.69) is 14.7 Å². The second-order valence-electron chi connectivity index (χ2n) is 5.77. The molecule has 1 aromatic carbocycles. The van der Waals surface area contributed by atoms with Crippen LogP contribution < -0.4 is 4.72 Å². The van der Waals surface area contributed by atoms with Crippen LogP contribution >= 0.6 is 0 Å². The molecule has 0 aliphatic rings. The molecule has 6 heteroatoms. The first-order chi connectivity index (χ1) is 9.20. The quantitative estimate of drug-likeness (QED) is 0.913. The maximum atomic E-state index is 12.4. The van der Waals surface area contributed by atoms with Crippen molar-refractivity contribution in [2.75, 3.05) is 4.72 Å². The number of rotatable bonds is 3. The van der Waals surface area contributed by atoms with E-state index >= 15 is 0 Å². The van der Waals surface area contributed by atoms with Gasteiger partial charge in [0.2, 0.25) is 5.95 Å². The Balaban J connectivity index is 2.46. The zero-order valence-corrected chi connectivity index (χ0v) is 12.9. The molecule has 2 aromatic rings. The number of aromatic amines is 1. The minimum absolute atomic E-state index is 0.108. The monoisotopic (exact) mass is 293 g/mol. The zero-order chi connectivity index (χ0) is 15.0. The molecule has 0 saturated carbocycles. The average molecular weight is 293 g/mol. The first-order valence-corrected chi connectivity index (χ1v) is 7.82. The van der Waals surface area contributed by atoms with E-state index in [0.717, 1.165) is 5.56 Å². The van der Waals surface area contributed by atoms with E-state index in [4.69, 9.17) is 0 Å². The van der Waals surface area contributed by atoms with Crippen LogP contribution in [0.4, 0.5) is 5.95 Å². The van der Waals surface area contributed by atoms with Crippen LogP contribution in [0, 0.1) is 6.92 Å². The molecule has 0 bridgehead atoms. The van der Waals surface area contributed by atoms with E-state index in [1.165, 1.54) is 6.20 Å². The van der Waals surface area contributed by atoms with Gasteiger partial charge in [0.25, 0.3) is 10.0 Å². The van der Waals surface area contributed by atoms with Crippen molar-refractivity contribution in [2.45, 2.75) is 38.0 Å². The summed E-state index contributed by atoms with van der Waals surface area (Å²) in [6, 6.07) is 5.51. The Morgan fingerprint density at radius 1 is 1.25 bits per heavy atom. The lowest BCUT2D eigenvalue weighted by Crippen LogP contribution is -2.18. The van der Waals surface area contributed by atoms with Crippen LogP contribution in [0.3, 0.4) is 0 Å². The van der Waals surface area contributed by atoms with E-state index in [-0.39, 0.29) is 16.3 Å². The van der Waals surface area contributed by atoms with Crippen LogP contribution in [0.5, 0.6) is 0 Å². The average Bonchev–Trinajstić information content (AvgIpc) is 2.79. The van der Waals surface area contributed by atoms with Gasteiger partial charge in [-0.1, -0.05) is 32.9 Å². The van der Waals surface area contributed by atoms with Crippen molar-refractivity contribution in [3.05, 3.63) is 41.7 Å². The molecule has 2 N–H and O–H groups in total. The van der Waals surface area contributed by atoms with E-state index in [1.54, 1.807) is 19.2 Å². The van der Waals surface area contributed by atoms with Crippen LogP contribution in [0.25, 0.3) is 0 Å². The highest BCUT2D eigenvalue weighted by Gasteiger charge is 2.22. The lowest BCUT2D eigenvalue weighted by atomic mass is 9.87. The highest BCUT2D eigenvalue weighted by molar-refractivity contribution is 7.92. The van der Waals surface area contributed by atoms with Crippen molar-refractivity contribution < 1.29 is 8.42 Å². The second-order valence-corrected chi connectivity index (χ2v) is 7.42. The summed E-state index contributed by atoms with van der Waals surface area (Å²) < 4.78 is 27.3. The number of sulfonamides is 1. The van der Waals surface area contributed by atoms with Crippen molar-refractivity contribution >= 4 is 16.0 Å². The number of anilines is 1. The first-order valence-electron chi connectivity index (χ1n) is 6.33. The second kappa shape index (κ2) is 4.94. The maximum Gasteiger partial charge on any atom is 0.264 e. The number of aromatic nitrogens is 2. The molecule has 20 heavy (non-hydrogen) atoms. The van der Waals surface area contributed by atoms with Gasteiger partial charge in [-0.15, -0.1) is 0 Å². The SMILES string of the molecule is Cc1ccc(C(C)(C)C)cc1S(=O)(=O)Nc1ncc[nH]1. The number of H-pyrrole nitrogens is 1. The van der Waals surface area contributed by atoms with Crippen molar-refractivity contribution in [1.29, 1.82) is 0 Å². The standard InChI is InChI=1S/C14H19N3O2S/c1-10-5-6-11(14(2,3)4)9-12(10)20(18,19)17-13-15-7-8-16-13/h5-9H,1-4H3,(H2,15,16,17). The van der Waals surface area contributed by atoms with E-state index in [9.17, 15) is 8.42 Å². The highest BCUT2D eigenvalue weighted by atomic mass is 32.2. The minimum atomic E-state index is -3.64. The van der Waals surface area contributed by atoms with Gasteiger partial charge < -0.3 is 4.98 Å². The van der Waals surface area contributed by atoms with Crippen LogP contribution in [-0.4, -0.2) is 18.4 Å². The lowest BCUT2D eigenvalue weighted by molar-refractivity contribution is 0.584. The molecule has 0 spiro atoms. The summed E-state index contributed by atoms with van der Waals surface area (Å²) in [6.07, 6.45) is 3.06. The van der Waals surface area contributed by atoms with Gasteiger partial charge in [0.05, 0.1) is 4.90 Å². The van der Waals surface area contributed by atoms with E-state index in [0.29, 0.717) is 5.56 Å². The number of nitrogens with one attached hydrogen (secondary N) is 2. The third kappa shape index (κ3) is 3.01. The Morgan fingerprint density at radius 2 is 1.95 bits per heavy atom. The third-order valence-electron chi connectivity index (χ3n) is 3.07. The van der Waals surface area contributed by atoms with Gasteiger partial charge in [-0.05, 0) is 29.5 Å². The molecule has 108 valence electrons. The molecule has 2 rings (SSSR count). The molecule has 1 aromatic heterocycles. The first kappa shape index (κ1) is 14.6. The molecular weight excluding hydrogens is 274 g/mol. The summed E-state index contributed by atoms with van der Waals surface area (Å²) in [5.74, 6) is 0.213. The molecule has 0 saturated heterocycles. The molecule has 0 aliphatic carbocycles. The fourth-order valence-corrected chi connectivity index (χ4v) is 3.11. The molecular formula is C14H19N3O2S. The van der Waals surface area contributed by atoms with Gasteiger partial charge in [-0.3, -0.25) is 0 Å². The van der Waals surface area contributed by atoms with Gasteiger partial charge in [0.15, 0.2) is 0 Å². The van der Waals surface area contributed by atoms with Crippen molar-refractivity contribution in [3.8, 4) is 0 Å². The summed E-state index contributed by atoms with van der Waals surface area (Å²) in [5.41, 5.74) is 1.57. The van der Waals surface area contributed by atoms with Crippen LogP contribution in [0.1, 0.15) is 31.9 Å². The summed E-state index contributed by atoms with van der Waals surface area (Å²) in [4.78, 5) is 6.89. The maximum absolute atomic E-state index is 12.4. The number of nitrogens with zero attached hydrogens (tertiary/aromatic N) is 1. The summed E-state index contributed by atoms with van der Waals surface area (Å²) in [5, 5.41) is 0. The normalized spacial score (nSPS) is 12.4. The minimum Gasteiger partial charge on any atom is -0.330 e. The number of aryl methyl sites for hydroxylation is 1. The zero-order valence-electron chi connectivity index (χ0n) is 12.1. The Labute approximate surface area is 119 Å². The fourth-order valence-electron chi connectivity index (χ4n) is 1.86. The van der Waals surface area contributed by atoms with Crippen molar-refractivity contribution in [1.82, 2.24) is 9.97 Å². The number of benzene rings is 1. The summed E-state index contributed by atoms with van der Waals surface area (Å²) in [7, 11) is -3.64. The molecule has 0 unspecified atom stereocenters. The Morgan fingerprint density at radius 3 is 2.50 bits per heavy atom. The predicted octanol–water partition coefficient (Wildman–Crippen LogP) is 2.82. The fraction of sp³-hybridized carbons (Fsp3) is 0.357. The number of hydrogen-bond acceptors (Lipinski definition) is 3. The number of imidazole rings is 1. The van der Waals surface area contributed by atoms with Gasteiger partial charge in [-0.25, -0.2) is 18.1 Å². The van der Waals surface area contributed by atoms with Crippen molar-refractivity contribution in [3.63, 3.8) is 0 Å². The van der Waals surface area contributed by atoms with Gasteiger partial charge >= 0.3 is 0 Å². The lowest BCUT2D eigenvalue weighted by Gasteiger charge is -2.20. The molecule has 1 heterocycles. The largest absolute Gasteiger partial charge is 0.330 e. The molecule has 0 amide bonds. The van der Waals surface area contributed by atoms with Crippen molar-refractivity contribution in [2.24, 2.45) is 0 Å². The Hall–Kier alpha value is -1.82. The van der Waals surface area contributed by atoms with Crippen LogP contribution in [0.15, 0.2) is 35.5 Å². The smallest absolute Gasteiger partial charge is 0.264 e. The summed E-state index contributed by atoms with van der Waals surface area (Å²) in [6.45, 7) is 7.93. The predicted molar refractivity (Wildman–Crippen MR) is 79.3 cm³/mol. The van der Waals surface area contributed by atoms with Gasteiger partial charge in [-0.2, -0.15) is 0 Å². The van der Waals surface area contributed by atoms with Crippen LogP contribution in [-0.2, 0) is 15.4 Å². The van der Waals surface area contributed by atoms with Gasteiger partial charge in [0.1, 0.15) is 0 Å². The number of hydrogen-bond donors (Lipinski definition) is 2. The third-order valence-corrected chi connectivity index (χ3v) is 4.55. The molecule has 0 aliphatic heterocycles. The topological polar surface area (TPSA) is 74.8 Å².